The highest BCUT2D eigenvalue weighted by Gasteiger charge is 2.48. The number of thioether (sulfide) groups is 1. The van der Waals surface area contributed by atoms with Crippen molar-refractivity contribution in [2.24, 2.45) is 11.8 Å². The molecule has 0 radical (unpaired) electrons. The Labute approximate surface area is 204 Å². The van der Waals surface area contributed by atoms with E-state index >= 15 is 0 Å². The van der Waals surface area contributed by atoms with E-state index in [9.17, 15) is 9.90 Å². The summed E-state index contributed by atoms with van der Waals surface area (Å²) >= 11 is 1.82. The number of unbranched alkanes of at least 4 members (excludes halogenated alkanes) is 3. The van der Waals surface area contributed by atoms with Crippen LogP contribution < -0.4 is 5.32 Å². The number of carboxylic acid groups (broad SMARTS) is 1. The first-order chi connectivity index (χ1) is 16.0. The van der Waals surface area contributed by atoms with E-state index in [1.807, 2.05) is 17.8 Å². The number of hydrogen-bond acceptors (Lipinski definition) is 5. The van der Waals surface area contributed by atoms with Crippen LogP contribution in [-0.2, 0) is 15.3 Å². The molecule has 0 aromatic heterocycles. The number of fused-ring (bicyclic) bond motifs is 2. The van der Waals surface area contributed by atoms with Gasteiger partial charge in [-0.05, 0) is 43.6 Å². The molecular weight excluding hydrogens is 434 g/mol. The first-order valence-electron chi connectivity index (χ1n) is 12.9. The van der Waals surface area contributed by atoms with Crippen molar-refractivity contribution in [1.29, 1.82) is 0 Å². The van der Waals surface area contributed by atoms with Gasteiger partial charge in [0.25, 0.3) is 0 Å². The van der Waals surface area contributed by atoms with E-state index in [4.69, 9.17) is 9.84 Å². The van der Waals surface area contributed by atoms with E-state index in [2.05, 4.69) is 36.5 Å². The van der Waals surface area contributed by atoms with Crippen molar-refractivity contribution in [2.75, 3.05) is 18.8 Å². The van der Waals surface area contributed by atoms with Crippen molar-refractivity contribution < 1.29 is 19.7 Å². The van der Waals surface area contributed by atoms with Gasteiger partial charge >= 0.3 is 5.97 Å². The number of rotatable bonds is 17. The van der Waals surface area contributed by atoms with E-state index in [1.165, 1.54) is 18.4 Å². The van der Waals surface area contributed by atoms with Crippen molar-refractivity contribution >= 4 is 17.7 Å². The molecule has 2 saturated heterocycles. The van der Waals surface area contributed by atoms with Crippen LogP contribution in [0.15, 0.2) is 30.3 Å². The van der Waals surface area contributed by atoms with Gasteiger partial charge in [-0.2, -0.15) is 11.8 Å². The Hall–Kier alpha value is -1.08. The molecule has 2 aliphatic rings. The molecular formula is C27H43NO4S. The van der Waals surface area contributed by atoms with Crippen molar-refractivity contribution in [3.63, 3.8) is 0 Å². The summed E-state index contributed by atoms with van der Waals surface area (Å²) in [6.45, 7) is 3.70. The average Bonchev–Trinajstić information content (AvgIpc) is 3.39. The topological polar surface area (TPSA) is 78.8 Å². The quantitative estimate of drug-likeness (QED) is 0.266. The Morgan fingerprint density at radius 2 is 1.85 bits per heavy atom. The number of benzene rings is 1. The van der Waals surface area contributed by atoms with Gasteiger partial charge in [-0.3, -0.25) is 4.79 Å². The minimum absolute atomic E-state index is 0.286. The van der Waals surface area contributed by atoms with Gasteiger partial charge in [0.05, 0.1) is 17.8 Å². The van der Waals surface area contributed by atoms with Gasteiger partial charge in [-0.15, -0.1) is 0 Å². The van der Waals surface area contributed by atoms with Crippen molar-refractivity contribution in [3.8, 4) is 0 Å². The highest BCUT2D eigenvalue weighted by atomic mass is 32.2. The van der Waals surface area contributed by atoms with Gasteiger partial charge in [0.2, 0.25) is 0 Å². The van der Waals surface area contributed by atoms with Crippen molar-refractivity contribution in [1.82, 2.24) is 5.32 Å². The van der Waals surface area contributed by atoms with E-state index in [0.29, 0.717) is 30.6 Å². The van der Waals surface area contributed by atoms with Crippen LogP contribution >= 0.6 is 11.8 Å². The molecule has 1 aromatic rings. The van der Waals surface area contributed by atoms with Crippen LogP contribution in [0.4, 0.5) is 0 Å². The molecule has 5 unspecified atom stereocenters. The third-order valence-electron chi connectivity index (χ3n) is 7.30. The lowest BCUT2D eigenvalue weighted by Gasteiger charge is -2.32. The van der Waals surface area contributed by atoms with Crippen LogP contribution in [-0.4, -0.2) is 52.8 Å². The van der Waals surface area contributed by atoms with Crippen LogP contribution in [0.5, 0.6) is 0 Å². The molecule has 3 N–H and O–H groups in total. The molecule has 2 heterocycles. The van der Waals surface area contributed by atoms with Gasteiger partial charge in [-0.1, -0.05) is 62.9 Å². The highest BCUT2D eigenvalue weighted by molar-refractivity contribution is 7.98. The smallest absolute Gasteiger partial charge is 0.303 e. The van der Waals surface area contributed by atoms with Gasteiger partial charge in [0.15, 0.2) is 0 Å². The normalized spacial score (nSPS) is 25.9. The number of carbonyl (C=O) groups is 1. The Balaban J connectivity index is 1.40. The maximum atomic E-state index is 11.3. The van der Waals surface area contributed by atoms with Gasteiger partial charge in [0, 0.05) is 36.9 Å². The summed E-state index contributed by atoms with van der Waals surface area (Å²) in [4.78, 5) is 10.7. The lowest BCUT2D eigenvalue weighted by atomic mass is 9.76. The molecule has 2 bridgehead atoms. The van der Waals surface area contributed by atoms with Crippen molar-refractivity contribution in [2.45, 2.75) is 94.7 Å². The van der Waals surface area contributed by atoms with Crippen LogP contribution in [0.2, 0.25) is 0 Å². The Kier molecular flexibility index (Phi) is 11.0. The van der Waals surface area contributed by atoms with Gasteiger partial charge in [0.1, 0.15) is 0 Å². The monoisotopic (exact) mass is 477 g/mol. The number of nitrogens with one attached hydrogen (secondary N) is 1. The van der Waals surface area contributed by atoms with Gasteiger partial charge < -0.3 is 20.3 Å². The zero-order chi connectivity index (χ0) is 23.5. The lowest BCUT2D eigenvalue weighted by Crippen LogP contribution is -2.46. The predicted octanol–water partition coefficient (Wildman–Crippen LogP) is 5.26. The molecule has 0 spiro atoms. The number of aliphatic carboxylic acids is 1. The Morgan fingerprint density at radius 1 is 1.12 bits per heavy atom. The molecule has 6 heteroatoms. The van der Waals surface area contributed by atoms with Crippen LogP contribution in [0, 0.1) is 11.8 Å². The summed E-state index contributed by atoms with van der Waals surface area (Å²) in [6.07, 6.45) is 10.4. The fraction of sp³-hybridized carbons (Fsp3) is 0.741. The van der Waals surface area contributed by atoms with Crippen LogP contribution in [0.3, 0.4) is 0 Å². The number of aliphatic hydroxyl groups is 1. The molecule has 0 amide bonds. The SMILES string of the molecule is CCCC(O)(CNCC1C2CCC(O2)C1CCCCCCC(=O)O)CSCc1ccccc1. The molecule has 2 aliphatic heterocycles. The summed E-state index contributed by atoms with van der Waals surface area (Å²) in [5, 5.41) is 23.7. The molecule has 3 rings (SSSR count). The largest absolute Gasteiger partial charge is 0.481 e. The minimum Gasteiger partial charge on any atom is -0.481 e. The van der Waals surface area contributed by atoms with E-state index in [0.717, 1.165) is 63.0 Å². The molecule has 5 nitrogen and oxygen atoms in total. The number of carboxylic acids is 1. The fourth-order valence-electron chi connectivity index (χ4n) is 5.64. The predicted molar refractivity (Wildman–Crippen MR) is 136 cm³/mol. The van der Waals surface area contributed by atoms with E-state index < -0.39 is 11.6 Å². The average molecular weight is 478 g/mol. The highest BCUT2D eigenvalue weighted by Crippen LogP contribution is 2.45. The summed E-state index contributed by atoms with van der Waals surface area (Å²) in [6, 6.07) is 10.5. The van der Waals surface area contributed by atoms with Gasteiger partial charge in [-0.25, -0.2) is 0 Å². The van der Waals surface area contributed by atoms with Crippen LogP contribution in [0.25, 0.3) is 0 Å². The summed E-state index contributed by atoms with van der Waals surface area (Å²) in [5.41, 5.74) is 0.631. The standard InChI is InChI=1S/C27H43NO4S/c1-2-16-27(31,20-33-18-21-10-6-5-7-11-21)19-28-17-23-22(24-14-15-25(23)32-24)12-8-3-4-9-13-26(29)30/h5-7,10-11,22-25,28,31H,2-4,8-9,12-20H2,1H3,(H,29,30). The molecule has 1 aromatic carbocycles. The summed E-state index contributed by atoms with van der Waals surface area (Å²) in [7, 11) is 0. The molecule has 0 aliphatic carbocycles. The second kappa shape index (κ2) is 13.7. The third-order valence-corrected chi connectivity index (χ3v) is 8.58. The lowest BCUT2D eigenvalue weighted by molar-refractivity contribution is -0.137. The third kappa shape index (κ3) is 8.57. The van der Waals surface area contributed by atoms with E-state index in [1.54, 1.807) is 0 Å². The zero-order valence-corrected chi connectivity index (χ0v) is 21.0. The molecule has 0 saturated carbocycles. The molecule has 186 valence electrons. The zero-order valence-electron chi connectivity index (χ0n) is 20.2. The minimum atomic E-state index is -0.691. The first-order valence-corrected chi connectivity index (χ1v) is 14.1. The molecule has 2 fully saturated rings. The van der Waals surface area contributed by atoms with Crippen molar-refractivity contribution in [3.05, 3.63) is 35.9 Å². The number of ether oxygens (including phenoxy) is 1. The molecule has 5 atom stereocenters. The maximum Gasteiger partial charge on any atom is 0.303 e. The Bertz CT molecular complexity index is 703. The second-order valence-corrected chi connectivity index (χ2v) is 11.0. The summed E-state index contributed by atoms with van der Waals surface area (Å²) in [5.74, 6) is 2.12. The molecule has 33 heavy (non-hydrogen) atoms. The Morgan fingerprint density at radius 3 is 2.58 bits per heavy atom. The van der Waals surface area contributed by atoms with E-state index in [-0.39, 0.29) is 6.42 Å². The number of hydrogen-bond donors (Lipinski definition) is 3. The summed E-state index contributed by atoms with van der Waals surface area (Å²) < 4.78 is 6.27. The second-order valence-electron chi connectivity index (χ2n) is 10.0. The first kappa shape index (κ1) is 26.5. The van der Waals surface area contributed by atoms with Crippen LogP contribution in [0.1, 0.15) is 76.7 Å². The fourth-order valence-corrected chi connectivity index (χ4v) is 6.80. The maximum absolute atomic E-state index is 11.3.